The predicted molar refractivity (Wildman–Crippen MR) is 93.0 cm³/mol. The standard InChI is InChI=1S/C18H19N3O5/c1-12(13-5-6-15-16(10-13)26-9-3-8-25-15)20-21-18(23)17(22)19-11-14-4-2-7-24-14/h2,4-7,10H,3,8-9,11H2,1H3,(H,19,22)(H,21,23)/b20-12-. The Bertz CT molecular complexity index is 814. The van der Waals surface area contributed by atoms with Crippen molar-refractivity contribution in [2.24, 2.45) is 5.10 Å². The molecule has 0 aliphatic carbocycles. The van der Waals surface area contributed by atoms with Crippen LogP contribution in [-0.2, 0) is 16.1 Å². The minimum absolute atomic E-state index is 0.129. The van der Waals surface area contributed by atoms with E-state index < -0.39 is 11.8 Å². The van der Waals surface area contributed by atoms with E-state index in [1.165, 1.54) is 6.26 Å². The molecule has 1 aliphatic heterocycles. The van der Waals surface area contributed by atoms with Gasteiger partial charge in [-0.05, 0) is 37.3 Å². The van der Waals surface area contributed by atoms with Gasteiger partial charge in [0, 0.05) is 12.0 Å². The Morgan fingerprint density at radius 2 is 1.92 bits per heavy atom. The molecule has 136 valence electrons. The molecule has 1 aromatic heterocycles. The van der Waals surface area contributed by atoms with E-state index in [4.69, 9.17) is 13.9 Å². The van der Waals surface area contributed by atoms with E-state index in [0.29, 0.717) is 36.2 Å². The first kappa shape index (κ1) is 17.5. The lowest BCUT2D eigenvalue weighted by Crippen LogP contribution is -2.37. The zero-order valence-corrected chi connectivity index (χ0v) is 14.3. The average Bonchev–Trinajstić information content (AvgIpc) is 3.07. The fourth-order valence-electron chi connectivity index (χ4n) is 2.30. The number of carbonyl (C=O) groups excluding carboxylic acids is 2. The first-order chi connectivity index (χ1) is 12.6. The summed E-state index contributed by atoms with van der Waals surface area (Å²) in [5, 5.41) is 6.41. The van der Waals surface area contributed by atoms with Gasteiger partial charge >= 0.3 is 11.8 Å². The number of nitrogens with one attached hydrogen (secondary N) is 2. The molecule has 0 unspecified atom stereocenters. The van der Waals surface area contributed by atoms with Crippen molar-refractivity contribution in [1.82, 2.24) is 10.7 Å². The highest BCUT2D eigenvalue weighted by Gasteiger charge is 2.14. The smallest absolute Gasteiger partial charge is 0.329 e. The fourth-order valence-corrected chi connectivity index (χ4v) is 2.30. The van der Waals surface area contributed by atoms with Gasteiger partial charge in [-0.15, -0.1) is 0 Å². The monoisotopic (exact) mass is 357 g/mol. The third kappa shape index (κ3) is 4.41. The van der Waals surface area contributed by atoms with Crippen LogP contribution >= 0.6 is 0 Å². The number of carbonyl (C=O) groups is 2. The maximum absolute atomic E-state index is 11.8. The van der Waals surface area contributed by atoms with E-state index in [1.54, 1.807) is 31.2 Å². The topological polar surface area (TPSA) is 102 Å². The molecule has 0 spiro atoms. The van der Waals surface area contributed by atoms with Crippen LogP contribution in [0.5, 0.6) is 11.5 Å². The molecule has 0 saturated heterocycles. The molecule has 2 aromatic rings. The molecule has 8 heteroatoms. The summed E-state index contributed by atoms with van der Waals surface area (Å²) in [6.45, 7) is 3.05. The number of ether oxygens (including phenoxy) is 2. The Labute approximate surface area is 150 Å². The van der Waals surface area contributed by atoms with Gasteiger partial charge in [0.05, 0.1) is 31.7 Å². The van der Waals surface area contributed by atoms with Crippen molar-refractivity contribution in [1.29, 1.82) is 0 Å². The molecule has 8 nitrogen and oxygen atoms in total. The van der Waals surface area contributed by atoms with E-state index in [2.05, 4.69) is 15.8 Å². The number of nitrogens with zero attached hydrogens (tertiary/aromatic N) is 1. The van der Waals surface area contributed by atoms with E-state index in [-0.39, 0.29) is 6.54 Å². The molecule has 3 rings (SSSR count). The Kier molecular flexibility index (Phi) is 5.52. The summed E-state index contributed by atoms with van der Waals surface area (Å²) >= 11 is 0. The molecule has 2 amide bonds. The van der Waals surface area contributed by atoms with Gasteiger partial charge in [0.15, 0.2) is 11.5 Å². The Hall–Kier alpha value is -3.29. The molecule has 2 heterocycles. The Morgan fingerprint density at radius 1 is 1.12 bits per heavy atom. The Morgan fingerprint density at radius 3 is 2.69 bits per heavy atom. The number of benzene rings is 1. The summed E-state index contributed by atoms with van der Waals surface area (Å²) < 4.78 is 16.3. The number of fused-ring (bicyclic) bond motifs is 1. The van der Waals surface area contributed by atoms with Crippen LogP contribution in [0.2, 0.25) is 0 Å². The predicted octanol–water partition coefficient (Wildman–Crippen LogP) is 1.60. The Balaban J connectivity index is 1.58. The largest absolute Gasteiger partial charge is 0.490 e. The molecule has 1 aromatic carbocycles. The van der Waals surface area contributed by atoms with Crippen LogP contribution in [0.4, 0.5) is 0 Å². The van der Waals surface area contributed by atoms with Gasteiger partial charge in [-0.2, -0.15) is 5.10 Å². The van der Waals surface area contributed by atoms with Crippen molar-refractivity contribution in [3.05, 3.63) is 47.9 Å². The van der Waals surface area contributed by atoms with Crippen LogP contribution < -0.4 is 20.2 Å². The quantitative estimate of drug-likeness (QED) is 0.492. The number of rotatable bonds is 4. The van der Waals surface area contributed by atoms with Gasteiger partial charge in [0.1, 0.15) is 5.76 Å². The van der Waals surface area contributed by atoms with Gasteiger partial charge in [-0.25, -0.2) is 5.43 Å². The van der Waals surface area contributed by atoms with Gasteiger partial charge in [-0.1, -0.05) is 0 Å². The highest BCUT2D eigenvalue weighted by molar-refractivity contribution is 6.35. The van der Waals surface area contributed by atoms with E-state index >= 15 is 0 Å². The lowest BCUT2D eigenvalue weighted by molar-refractivity contribution is -0.139. The number of hydrogen-bond acceptors (Lipinski definition) is 6. The third-order valence-electron chi connectivity index (χ3n) is 3.70. The maximum atomic E-state index is 11.8. The molecule has 0 atom stereocenters. The second kappa shape index (κ2) is 8.19. The van der Waals surface area contributed by atoms with E-state index in [9.17, 15) is 9.59 Å². The molecule has 26 heavy (non-hydrogen) atoms. The minimum Gasteiger partial charge on any atom is -0.490 e. The number of hydrazone groups is 1. The summed E-state index contributed by atoms with van der Waals surface area (Å²) in [5.41, 5.74) is 3.53. The maximum Gasteiger partial charge on any atom is 0.329 e. The van der Waals surface area contributed by atoms with Crippen molar-refractivity contribution in [3.8, 4) is 11.5 Å². The van der Waals surface area contributed by atoms with Crippen molar-refractivity contribution >= 4 is 17.5 Å². The minimum atomic E-state index is -0.856. The molecule has 0 radical (unpaired) electrons. The summed E-state index contributed by atoms with van der Waals surface area (Å²) in [6.07, 6.45) is 2.31. The molecule has 1 aliphatic rings. The lowest BCUT2D eigenvalue weighted by Gasteiger charge is -2.09. The first-order valence-corrected chi connectivity index (χ1v) is 8.18. The van der Waals surface area contributed by atoms with Crippen molar-refractivity contribution in [2.45, 2.75) is 19.9 Å². The highest BCUT2D eigenvalue weighted by Crippen LogP contribution is 2.30. The molecule has 0 saturated carbocycles. The van der Waals surface area contributed by atoms with Gasteiger partial charge in [0.25, 0.3) is 0 Å². The van der Waals surface area contributed by atoms with Crippen LogP contribution in [0.1, 0.15) is 24.7 Å². The van der Waals surface area contributed by atoms with Crippen LogP contribution in [0, 0.1) is 0 Å². The normalized spacial score (nSPS) is 13.7. The second-order valence-corrected chi connectivity index (χ2v) is 5.61. The number of furan rings is 1. The SMILES string of the molecule is C/C(=N/NC(=O)C(=O)NCc1ccco1)c1ccc2c(c1)OCCCO2. The van der Waals surface area contributed by atoms with Gasteiger partial charge in [-0.3, -0.25) is 9.59 Å². The summed E-state index contributed by atoms with van der Waals surface area (Å²) in [4.78, 5) is 23.6. The zero-order chi connectivity index (χ0) is 18.4. The zero-order valence-electron chi connectivity index (χ0n) is 14.3. The van der Waals surface area contributed by atoms with E-state index in [0.717, 1.165) is 12.0 Å². The average molecular weight is 357 g/mol. The molecule has 0 fully saturated rings. The number of hydrogen-bond donors (Lipinski definition) is 2. The molecule has 0 bridgehead atoms. The molecular weight excluding hydrogens is 338 g/mol. The highest BCUT2D eigenvalue weighted by atomic mass is 16.5. The van der Waals surface area contributed by atoms with Crippen LogP contribution in [0.15, 0.2) is 46.1 Å². The first-order valence-electron chi connectivity index (χ1n) is 8.18. The van der Waals surface area contributed by atoms with Crippen LogP contribution in [0.25, 0.3) is 0 Å². The van der Waals surface area contributed by atoms with E-state index in [1.807, 2.05) is 6.07 Å². The fraction of sp³-hybridized carbons (Fsp3) is 0.278. The summed E-state index contributed by atoms with van der Waals surface area (Å²) in [6, 6.07) is 8.81. The summed E-state index contributed by atoms with van der Waals surface area (Å²) in [7, 11) is 0. The van der Waals surface area contributed by atoms with Crippen molar-refractivity contribution < 1.29 is 23.5 Å². The molecular formula is C18H19N3O5. The van der Waals surface area contributed by atoms with Gasteiger partial charge in [0.2, 0.25) is 0 Å². The number of amides is 2. The summed E-state index contributed by atoms with van der Waals surface area (Å²) in [5.74, 6) is 0.220. The molecule has 2 N–H and O–H groups in total. The van der Waals surface area contributed by atoms with Crippen LogP contribution in [-0.4, -0.2) is 30.7 Å². The van der Waals surface area contributed by atoms with Crippen molar-refractivity contribution in [3.63, 3.8) is 0 Å². The van der Waals surface area contributed by atoms with Gasteiger partial charge < -0.3 is 19.2 Å². The third-order valence-corrected chi connectivity index (χ3v) is 3.70. The van der Waals surface area contributed by atoms with Crippen molar-refractivity contribution in [2.75, 3.05) is 13.2 Å². The lowest BCUT2D eigenvalue weighted by atomic mass is 10.1. The second-order valence-electron chi connectivity index (χ2n) is 5.61. The van der Waals surface area contributed by atoms with Crippen LogP contribution in [0.3, 0.4) is 0 Å².